The smallest absolute Gasteiger partial charge is 0.195 e. The van der Waals surface area contributed by atoms with Crippen LogP contribution in [0.3, 0.4) is 0 Å². The lowest BCUT2D eigenvalue weighted by Gasteiger charge is -2.14. The van der Waals surface area contributed by atoms with Gasteiger partial charge in [-0.15, -0.1) is 0 Å². The lowest BCUT2D eigenvalue weighted by Crippen LogP contribution is -1.99. The number of hydrogen-bond donors (Lipinski definition) is 1. The Morgan fingerprint density at radius 1 is 1.00 bits per heavy atom. The number of rotatable bonds is 3. The fourth-order valence-corrected chi connectivity index (χ4v) is 4.56. The van der Waals surface area contributed by atoms with Crippen LogP contribution in [-0.4, -0.2) is 14.5 Å². The SMILES string of the molecule is Cc1cc(C)c(C)c(-c2nc3sc(-c4ccccc4)cn3c2CO)c1C. The molecule has 4 heteroatoms. The van der Waals surface area contributed by atoms with Crippen molar-refractivity contribution in [3.63, 3.8) is 0 Å². The van der Waals surface area contributed by atoms with E-state index in [2.05, 4.69) is 52.1 Å². The van der Waals surface area contributed by atoms with E-state index in [1.807, 2.05) is 22.6 Å². The second-order valence-electron chi connectivity index (χ2n) is 6.81. The van der Waals surface area contributed by atoms with Gasteiger partial charge in [0.1, 0.15) is 0 Å². The molecule has 0 atom stereocenters. The molecule has 4 aromatic rings. The van der Waals surface area contributed by atoms with Crippen LogP contribution in [0.2, 0.25) is 0 Å². The number of thiazole rings is 1. The number of aliphatic hydroxyl groups is 1. The van der Waals surface area contributed by atoms with Gasteiger partial charge in [-0.1, -0.05) is 47.7 Å². The van der Waals surface area contributed by atoms with Crippen LogP contribution in [0.15, 0.2) is 42.6 Å². The fourth-order valence-electron chi connectivity index (χ4n) is 3.55. The molecular formula is C22H22N2OS. The van der Waals surface area contributed by atoms with Crippen molar-refractivity contribution in [2.45, 2.75) is 34.3 Å². The Morgan fingerprint density at radius 2 is 1.65 bits per heavy atom. The highest BCUT2D eigenvalue weighted by Crippen LogP contribution is 2.37. The van der Waals surface area contributed by atoms with Crippen molar-refractivity contribution in [1.29, 1.82) is 0 Å². The molecule has 0 aliphatic rings. The van der Waals surface area contributed by atoms with Crippen molar-refractivity contribution in [2.75, 3.05) is 0 Å². The van der Waals surface area contributed by atoms with Gasteiger partial charge in [0.25, 0.3) is 0 Å². The lowest BCUT2D eigenvalue weighted by molar-refractivity contribution is 0.276. The van der Waals surface area contributed by atoms with Gasteiger partial charge in [-0.25, -0.2) is 4.98 Å². The summed E-state index contributed by atoms with van der Waals surface area (Å²) in [6.07, 6.45) is 2.09. The predicted octanol–water partition coefficient (Wildman–Crippen LogP) is 5.46. The zero-order valence-electron chi connectivity index (χ0n) is 15.5. The molecule has 4 rings (SSSR count). The number of fused-ring (bicyclic) bond motifs is 1. The molecule has 132 valence electrons. The third kappa shape index (κ3) is 2.57. The summed E-state index contributed by atoms with van der Waals surface area (Å²) in [7, 11) is 0. The van der Waals surface area contributed by atoms with Crippen LogP contribution in [-0.2, 0) is 6.61 Å². The largest absolute Gasteiger partial charge is 0.390 e. The van der Waals surface area contributed by atoms with Gasteiger partial charge in [-0.05, 0) is 55.5 Å². The number of nitrogens with zero attached hydrogens (tertiary/aromatic N) is 2. The summed E-state index contributed by atoms with van der Waals surface area (Å²) in [4.78, 5) is 7.00. The van der Waals surface area contributed by atoms with Crippen molar-refractivity contribution >= 4 is 16.3 Å². The number of aliphatic hydroxyl groups excluding tert-OH is 1. The highest BCUT2D eigenvalue weighted by atomic mass is 32.1. The van der Waals surface area contributed by atoms with Crippen LogP contribution in [0.4, 0.5) is 0 Å². The highest BCUT2D eigenvalue weighted by Gasteiger charge is 2.20. The molecule has 0 saturated heterocycles. The van der Waals surface area contributed by atoms with Crippen LogP contribution in [0.1, 0.15) is 27.9 Å². The molecule has 0 spiro atoms. The van der Waals surface area contributed by atoms with Gasteiger partial charge in [0.05, 0.1) is 22.9 Å². The normalized spacial score (nSPS) is 11.4. The Hall–Kier alpha value is -2.43. The van der Waals surface area contributed by atoms with Crippen LogP contribution < -0.4 is 0 Å². The predicted molar refractivity (Wildman–Crippen MR) is 109 cm³/mol. The van der Waals surface area contributed by atoms with E-state index in [1.165, 1.54) is 27.8 Å². The Morgan fingerprint density at radius 3 is 2.27 bits per heavy atom. The molecule has 26 heavy (non-hydrogen) atoms. The van der Waals surface area contributed by atoms with Crippen molar-refractivity contribution < 1.29 is 5.11 Å². The Balaban J connectivity index is 1.95. The minimum Gasteiger partial charge on any atom is -0.390 e. The molecule has 1 N–H and O–H groups in total. The van der Waals surface area contributed by atoms with E-state index in [4.69, 9.17) is 4.98 Å². The summed E-state index contributed by atoms with van der Waals surface area (Å²) >= 11 is 1.66. The van der Waals surface area contributed by atoms with E-state index < -0.39 is 0 Å². The Labute approximate surface area is 157 Å². The van der Waals surface area contributed by atoms with Crippen molar-refractivity contribution in [3.8, 4) is 21.7 Å². The summed E-state index contributed by atoms with van der Waals surface area (Å²) in [5.41, 5.74) is 9.07. The number of aromatic nitrogens is 2. The first-order valence-corrected chi connectivity index (χ1v) is 9.57. The summed E-state index contributed by atoms with van der Waals surface area (Å²) in [6, 6.07) is 12.5. The summed E-state index contributed by atoms with van der Waals surface area (Å²) in [6.45, 7) is 8.52. The average molecular weight is 362 g/mol. The van der Waals surface area contributed by atoms with Gasteiger partial charge < -0.3 is 5.11 Å². The van der Waals surface area contributed by atoms with E-state index in [0.29, 0.717) is 0 Å². The van der Waals surface area contributed by atoms with Crippen LogP contribution >= 0.6 is 11.3 Å². The highest BCUT2D eigenvalue weighted by molar-refractivity contribution is 7.20. The molecule has 0 amide bonds. The maximum absolute atomic E-state index is 10.1. The van der Waals surface area contributed by atoms with Gasteiger partial charge in [0.15, 0.2) is 4.96 Å². The Bertz CT molecular complexity index is 1080. The van der Waals surface area contributed by atoms with Crippen molar-refractivity contribution in [2.24, 2.45) is 0 Å². The van der Waals surface area contributed by atoms with E-state index in [-0.39, 0.29) is 6.61 Å². The van der Waals surface area contributed by atoms with Gasteiger partial charge in [0, 0.05) is 11.8 Å². The van der Waals surface area contributed by atoms with E-state index in [1.54, 1.807) is 11.3 Å². The number of hydrogen-bond acceptors (Lipinski definition) is 3. The summed E-state index contributed by atoms with van der Waals surface area (Å²) < 4.78 is 2.04. The number of aryl methyl sites for hydroxylation is 2. The van der Waals surface area contributed by atoms with Crippen LogP contribution in [0.5, 0.6) is 0 Å². The van der Waals surface area contributed by atoms with Gasteiger partial charge in [-0.2, -0.15) is 0 Å². The summed E-state index contributed by atoms with van der Waals surface area (Å²) in [5.74, 6) is 0. The van der Waals surface area contributed by atoms with E-state index in [0.717, 1.165) is 26.8 Å². The minimum atomic E-state index is -0.0344. The van der Waals surface area contributed by atoms with Crippen LogP contribution in [0.25, 0.3) is 26.7 Å². The van der Waals surface area contributed by atoms with E-state index in [9.17, 15) is 5.11 Å². The molecule has 2 heterocycles. The molecule has 0 fully saturated rings. The number of imidazole rings is 1. The quantitative estimate of drug-likeness (QED) is 0.526. The van der Waals surface area contributed by atoms with Gasteiger partial charge >= 0.3 is 0 Å². The van der Waals surface area contributed by atoms with Gasteiger partial charge in [0.2, 0.25) is 0 Å². The van der Waals surface area contributed by atoms with Crippen molar-refractivity contribution in [3.05, 3.63) is 70.5 Å². The second-order valence-corrected chi connectivity index (χ2v) is 7.82. The average Bonchev–Trinajstić information content (AvgIpc) is 3.19. The third-order valence-electron chi connectivity index (χ3n) is 5.24. The standard InChI is InChI=1S/C22H22N2OS/c1-13-10-14(2)16(4)20(15(13)3)21-18(12-25)24-11-19(26-22(24)23-21)17-8-6-5-7-9-17/h5-11,25H,12H2,1-4H3. The summed E-state index contributed by atoms with van der Waals surface area (Å²) in [5, 5.41) is 10.1. The first-order valence-electron chi connectivity index (χ1n) is 8.76. The first kappa shape index (κ1) is 17.0. The molecule has 0 aliphatic carbocycles. The number of benzene rings is 2. The molecule has 0 bridgehead atoms. The molecule has 0 unspecified atom stereocenters. The molecular weight excluding hydrogens is 340 g/mol. The molecule has 3 nitrogen and oxygen atoms in total. The molecule has 2 aromatic carbocycles. The second kappa shape index (κ2) is 6.38. The molecule has 2 aromatic heterocycles. The topological polar surface area (TPSA) is 37.5 Å². The molecule has 0 radical (unpaired) electrons. The zero-order chi connectivity index (χ0) is 18.4. The maximum Gasteiger partial charge on any atom is 0.195 e. The maximum atomic E-state index is 10.1. The third-order valence-corrected chi connectivity index (χ3v) is 6.27. The molecule has 0 saturated carbocycles. The minimum absolute atomic E-state index is 0.0344. The lowest BCUT2D eigenvalue weighted by atomic mass is 9.91. The fraction of sp³-hybridized carbons (Fsp3) is 0.227. The van der Waals surface area contributed by atoms with Crippen LogP contribution in [0, 0.1) is 27.7 Å². The first-order chi connectivity index (χ1) is 12.5. The Kier molecular flexibility index (Phi) is 4.17. The van der Waals surface area contributed by atoms with E-state index >= 15 is 0 Å². The zero-order valence-corrected chi connectivity index (χ0v) is 16.3. The molecule has 0 aliphatic heterocycles. The van der Waals surface area contributed by atoms with Crippen molar-refractivity contribution in [1.82, 2.24) is 9.38 Å². The monoisotopic (exact) mass is 362 g/mol. The van der Waals surface area contributed by atoms with Gasteiger partial charge in [-0.3, -0.25) is 4.40 Å².